The van der Waals surface area contributed by atoms with Crippen LogP contribution < -0.4 is 0 Å². The first-order valence-corrected chi connectivity index (χ1v) is 6.76. The molecule has 0 saturated heterocycles. The second-order valence-corrected chi connectivity index (χ2v) is 4.63. The fraction of sp³-hybridized carbons (Fsp3) is 0.833. The van der Waals surface area contributed by atoms with Crippen LogP contribution in [-0.4, -0.2) is 11.5 Å². The van der Waals surface area contributed by atoms with Crippen molar-refractivity contribution in [2.45, 2.75) is 51.9 Å². The van der Waals surface area contributed by atoms with E-state index < -0.39 is 0 Å². The van der Waals surface area contributed by atoms with Gasteiger partial charge < -0.3 is 0 Å². The van der Waals surface area contributed by atoms with Gasteiger partial charge in [-0.05, 0) is 12.2 Å². The normalized spacial score (nSPS) is 10.2. The van der Waals surface area contributed by atoms with Gasteiger partial charge in [-0.1, -0.05) is 51.5 Å². The Labute approximate surface area is 88.2 Å². The molecule has 0 aromatic carbocycles. The molecule has 0 fully saturated rings. The third kappa shape index (κ3) is 12.1. The quantitative estimate of drug-likeness (QED) is 0.365. The van der Waals surface area contributed by atoms with Crippen LogP contribution in [0.25, 0.3) is 0 Å². The third-order valence-electron chi connectivity index (χ3n) is 2.13. The van der Waals surface area contributed by atoms with E-state index in [0.29, 0.717) is 0 Å². The van der Waals surface area contributed by atoms with Gasteiger partial charge in [-0.3, -0.25) is 0 Å². The molecule has 0 spiro atoms. The van der Waals surface area contributed by atoms with Gasteiger partial charge in [0.2, 0.25) is 0 Å². The lowest BCUT2D eigenvalue weighted by molar-refractivity contribution is 0.603. The van der Waals surface area contributed by atoms with E-state index in [4.69, 9.17) is 0 Å². The zero-order valence-electron chi connectivity index (χ0n) is 9.06. The predicted octanol–water partition coefficient (Wildman–Crippen LogP) is 4.66. The first-order valence-electron chi connectivity index (χ1n) is 5.60. The molecule has 0 bridgehead atoms. The topological polar surface area (TPSA) is 0 Å². The van der Waals surface area contributed by atoms with E-state index in [0.717, 1.165) is 5.75 Å². The smallest absolute Gasteiger partial charge is 0.0110 e. The summed E-state index contributed by atoms with van der Waals surface area (Å²) in [5, 5.41) is 0. The van der Waals surface area contributed by atoms with Gasteiger partial charge in [-0.25, -0.2) is 0 Å². The highest BCUT2D eigenvalue weighted by Crippen LogP contribution is 2.10. The highest BCUT2D eigenvalue weighted by Gasteiger charge is 1.90. The zero-order chi connectivity index (χ0) is 9.78. The number of unbranched alkanes of at least 4 members (excludes halogenated alkanes) is 6. The van der Waals surface area contributed by atoms with Crippen molar-refractivity contribution in [2.75, 3.05) is 11.5 Å². The molecule has 0 rings (SSSR count). The molecule has 0 nitrogen and oxygen atoms in total. The Kier molecular flexibility index (Phi) is 12.2. The average molecular weight is 200 g/mol. The third-order valence-corrected chi connectivity index (χ3v) is 3.18. The van der Waals surface area contributed by atoms with Gasteiger partial charge in [0.25, 0.3) is 0 Å². The van der Waals surface area contributed by atoms with Crippen LogP contribution in [0, 0.1) is 0 Å². The van der Waals surface area contributed by atoms with E-state index in [1.54, 1.807) is 0 Å². The molecule has 0 heterocycles. The molecule has 0 N–H and O–H groups in total. The van der Waals surface area contributed by atoms with Gasteiger partial charge >= 0.3 is 0 Å². The monoisotopic (exact) mass is 200 g/mol. The summed E-state index contributed by atoms with van der Waals surface area (Å²) >= 11 is 2.00. The van der Waals surface area contributed by atoms with E-state index in [1.807, 2.05) is 17.8 Å². The van der Waals surface area contributed by atoms with Gasteiger partial charge in [0.1, 0.15) is 0 Å². The number of hydrogen-bond acceptors (Lipinski definition) is 1. The lowest BCUT2D eigenvalue weighted by Crippen LogP contribution is -1.83. The first kappa shape index (κ1) is 13.1. The van der Waals surface area contributed by atoms with E-state index in [1.165, 1.54) is 50.7 Å². The van der Waals surface area contributed by atoms with Crippen LogP contribution in [0.1, 0.15) is 51.9 Å². The molecule has 0 unspecified atom stereocenters. The van der Waals surface area contributed by atoms with Gasteiger partial charge in [-0.2, -0.15) is 11.8 Å². The van der Waals surface area contributed by atoms with Crippen LogP contribution >= 0.6 is 11.8 Å². The van der Waals surface area contributed by atoms with Crippen molar-refractivity contribution in [3.8, 4) is 0 Å². The van der Waals surface area contributed by atoms with Gasteiger partial charge in [0.05, 0.1) is 0 Å². The highest BCUT2D eigenvalue weighted by atomic mass is 32.2. The molecule has 1 heteroatoms. The van der Waals surface area contributed by atoms with Gasteiger partial charge in [0, 0.05) is 5.75 Å². The maximum absolute atomic E-state index is 3.71. The van der Waals surface area contributed by atoms with Crippen molar-refractivity contribution in [3.05, 3.63) is 12.7 Å². The Balaban J connectivity index is 2.79. The molecule has 0 amide bonds. The molecule has 0 aliphatic rings. The van der Waals surface area contributed by atoms with E-state index >= 15 is 0 Å². The summed E-state index contributed by atoms with van der Waals surface area (Å²) in [5.74, 6) is 2.44. The Morgan fingerprint density at radius 3 is 2.23 bits per heavy atom. The van der Waals surface area contributed by atoms with Crippen molar-refractivity contribution < 1.29 is 0 Å². The number of hydrogen-bond donors (Lipinski definition) is 0. The first-order chi connectivity index (χ1) is 6.41. The van der Waals surface area contributed by atoms with Crippen molar-refractivity contribution in [2.24, 2.45) is 0 Å². The van der Waals surface area contributed by atoms with Gasteiger partial charge in [0.15, 0.2) is 0 Å². The second-order valence-electron chi connectivity index (χ2n) is 3.48. The van der Waals surface area contributed by atoms with Crippen molar-refractivity contribution in [1.82, 2.24) is 0 Å². The second kappa shape index (κ2) is 12.1. The molecule has 13 heavy (non-hydrogen) atoms. The lowest BCUT2D eigenvalue weighted by Gasteiger charge is -2.00. The standard InChI is InChI=1S/C12H24S/c1-3-5-6-7-8-9-10-12-13-11-4-2/h4H,2-3,5-12H2,1H3. The Morgan fingerprint density at radius 2 is 1.62 bits per heavy atom. The summed E-state index contributed by atoms with van der Waals surface area (Å²) in [4.78, 5) is 0. The maximum atomic E-state index is 3.71. The summed E-state index contributed by atoms with van der Waals surface area (Å²) in [6.45, 7) is 5.98. The lowest BCUT2D eigenvalue weighted by atomic mass is 10.1. The fourth-order valence-corrected chi connectivity index (χ4v) is 2.07. The maximum Gasteiger partial charge on any atom is 0.0110 e. The highest BCUT2D eigenvalue weighted by molar-refractivity contribution is 7.99. The summed E-state index contributed by atoms with van der Waals surface area (Å²) < 4.78 is 0. The molecule has 0 saturated carbocycles. The number of thioether (sulfide) groups is 1. The molecule has 78 valence electrons. The molecule has 0 aliphatic heterocycles. The average Bonchev–Trinajstić information content (AvgIpc) is 2.16. The molecule has 0 aromatic rings. The molecule has 0 aliphatic carbocycles. The Morgan fingerprint density at radius 1 is 1.00 bits per heavy atom. The molecular formula is C12H24S. The summed E-state index contributed by atoms with van der Waals surface area (Å²) in [5.41, 5.74) is 0. The molecule has 0 radical (unpaired) electrons. The molecule has 0 aromatic heterocycles. The Bertz CT molecular complexity index is 99.3. The fourth-order valence-electron chi connectivity index (χ4n) is 1.33. The summed E-state index contributed by atoms with van der Waals surface area (Å²) in [6, 6.07) is 0. The van der Waals surface area contributed by atoms with Crippen LogP contribution in [0.3, 0.4) is 0 Å². The molecular weight excluding hydrogens is 176 g/mol. The SMILES string of the molecule is C=CCSCCCCCCCCC. The summed E-state index contributed by atoms with van der Waals surface area (Å²) in [7, 11) is 0. The van der Waals surface area contributed by atoms with Crippen LogP contribution in [0.5, 0.6) is 0 Å². The van der Waals surface area contributed by atoms with E-state index in [2.05, 4.69) is 13.5 Å². The predicted molar refractivity (Wildman–Crippen MR) is 65.5 cm³/mol. The van der Waals surface area contributed by atoms with Crippen LogP contribution in [0.15, 0.2) is 12.7 Å². The number of rotatable bonds is 10. The zero-order valence-corrected chi connectivity index (χ0v) is 9.87. The molecule has 0 atom stereocenters. The van der Waals surface area contributed by atoms with Crippen molar-refractivity contribution >= 4 is 11.8 Å². The van der Waals surface area contributed by atoms with Crippen LogP contribution in [0.4, 0.5) is 0 Å². The minimum atomic E-state index is 1.12. The largest absolute Gasteiger partial charge is 0.158 e. The van der Waals surface area contributed by atoms with Crippen molar-refractivity contribution in [3.63, 3.8) is 0 Å². The van der Waals surface area contributed by atoms with Gasteiger partial charge in [-0.15, -0.1) is 6.58 Å². The Hall–Kier alpha value is 0.0900. The minimum absolute atomic E-state index is 1.12. The van der Waals surface area contributed by atoms with E-state index in [-0.39, 0.29) is 0 Å². The minimum Gasteiger partial charge on any atom is -0.158 e. The van der Waals surface area contributed by atoms with Crippen molar-refractivity contribution in [1.29, 1.82) is 0 Å². The van der Waals surface area contributed by atoms with Crippen LogP contribution in [-0.2, 0) is 0 Å². The summed E-state index contributed by atoms with van der Waals surface area (Å²) in [6.07, 6.45) is 11.9. The van der Waals surface area contributed by atoms with Crippen LogP contribution in [0.2, 0.25) is 0 Å². The van der Waals surface area contributed by atoms with E-state index in [9.17, 15) is 0 Å².